The molecule has 6 heteroatoms. The Hall–Kier alpha value is -2.08. The molecular formula is C14H19N3O3. The van der Waals surface area contributed by atoms with Crippen molar-refractivity contribution in [3.8, 4) is 0 Å². The van der Waals surface area contributed by atoms with Crippen molar-refractivity contribution >= 4 is 17.7 Å². The molecule has 0 aliphatic heterocycles. The number of methoxy groups -OCH3 is 1. The number of ether oxygens (including phenoxy) is 1. The molecule has 0 heterocycles. The summed E-state index contributed by atoms with van der Waals surface area (Å²) in [5.41, 5.74) is 6.68. The van der Waals surface area contributed by atoms with Gasteiger partial charge in [0.15, 0.2) is 0 Å². The maximum absolute atomic E-state index is 11.8. The number of hydrogen-bond donors (Lipinski definition) is 3. The largest absolute Gasteiger partial charge is 0.465 e. The quantitative estimate of drug-likeness (QED) is 0.727. The van der Waals surface area contributed by atoms with E-state index in [1.54, 1.807) is 24.3 Å². The number of nitrogens with two attached hydrogens (primary N) is 1. The van der Waals surface area contributed by atoms with E-state index in [2.05, 4.69) is 15.4 Å². The number of benzene rings is 1. The number of nitrogens with one attached hydrogen (secondary N) is 2. The number of esters is 1. The lowest BCUT2D eigenvalue weighted by Gasteiger charge is -2.38. The number of carbonyl (C=O) groups is 2. The first-order valence-corrected chi connectivity index (χ1v) is 6.54. The lowest BCUT2D eigenvalue weighted by molar-refractivity contribution is 0.0600. The molecule has 1 aromatic rings. The molecule has 0 unspecified atom stereocenters. The summed E-state index contributed by atoms with van der Waals surface area (Å²) < 4.78 is 4.63. The lowest BCUT2D eigenvalue weighted by atomic mass is 9.78. The van der Waals surface area contributed by atoms with Gasteiger partial charge >= 0.3 is 12.0 Å². The van der Waals surface area contributed by atoms with Crippen LogP contribution in [-0.2, 0) is 4.74 Å². The first-order chi connectivity index (χ1) is 9.52. The predicted octanol–water partition coefficient (Wildman–Crippen LogP) is 1.48. The monoisotopic (exact) mass is 277 g/mol. The molecule has 4 N–H and O–H groups in total. The van der Waals surface area contributed by atoms with Crippen molar-refractivity contribution in [2.45, 2.75) is 24.8 Å². The summed E-state index contributed by atoms with van der Waals surface area (Å²) in [6.07, 6.45) is 2.98. The third kappa shape index (κ3) is 3.48. The van der Waals surface area contributed by atoms with Crippen molar-refractivity contribution in [2.75, 3.05) is 19.0 Å². The third-order valence-corrected chi connectivity index (χ3v) is 3.49. The first kappa shape index (κ1) is 14.3. The molecule has 1 aliphatic carbocycles. The van der Waals surface area contributed by atoms with E-state index in [-0.39, 0.29) is 11.6 Å². The second-order valence-electron chi connectivity index (χ2n) is 5.10. The molecule has 108 valence electrons. The van der Waals surface area contributed by atoms with E-state index >= 15 is 0 Å². The summed E-state index contributed by atoms with van der Waals surface area (Å²) >= 11 is 0. The summed E-state index contributed by atoms with van der Waals surface area (Å²) in [6, 6.07) is 6.24. The van der Waals surface area contributed by atoms with Crippen LogP contribution in [0.2, 0.25) is 0 Å². The second-order valence-corrected chi connectivity index (χ2v) is 5.10. The minimum absolute atomic E-state index is 0.259. The van der Waals surface area contributed by atoms with Crippen molar-refractivity contribution in [1.82, 2.24) is 5.32 Å². The van der Waals surface area contributed by atoms with Crippen molar-refractivity contribution < 1.29 is 14.3 Å². The van der Waals surface area contributed by atoms with Crippen LogP contribution in [0.25, 0.3) is 0 Å². The van der Waals surface area contributed by atoms with Gasteiger partial charge in [-0.05, 0) is 37.5 Å². The molecule has 1 aromatic carbocycles. The average molecular weight is 277 g/mol. The molecule has 0 saturated heterocycles. The Labute approximate surface area is 117 Å². The van der Waals surface area contributed by atoms with Crippen molar-refractivity contribution in [2.24, 2.45) is 5.73 Å². The van der Waals surface area contributed by atoms with Crippen LogP contribution in [-0.4, -0.2) is 31.2 Å². The van der Waals surface area contributed by atoms with Crippen LogP contribution < -0.4 is 16.4 Å². The first-order valence-electron chi connectivity index (χ1n) is 6.54. The number of anilines is 1. The summed E-state index contributed by atoms with van der Waals surface area (Å²) in [7, 11) is 1.31. The van der Waals surface area contributed by atoms with Gasteiger partial charge in [0.25, 0.3) is 0 Å². The van der Waals surface area contributed by atoms with E-state index < -0.39 is 5.97 Å². The minimum atomic E-state index is -0.440. The summed E-state index contributed by atoms with van der Waals surface area (Å²) in [5.74, 6) is -0.440. The molecule has 0 bridgehead atoms. The van der Waals surface area contributed by atoms with Gasteiger partial charge in [0.2, 0.25) is 0 Å². The van der Waals surface area contributed by atoms with Gasteiger partial charge in [0, 0.05) is 17.8 Å². The van der Waals surface area contributed by atoms with Crippen molar-refractivity contribution in [3.63, 3.8) is 0 Å². The van der Waals surface area contributed by atoms with Crippen LogP contribution in [0, 0.1) is 0 Å². The van der Waals surface area contributed by atoms with Gasteiger partial charge in [0.05, 0.1) is 12.7 Å². The average Bonchev–Trinajstić information content (AvgIpc) is 2.42. The SMILES string of the molecule is COC(=O)c1cccc(NC(=O)NCC2(N)CCC2)c1. The van der Waals surface area contributed by atoms with Gasteiger partial charge in [-0.15, -0.1) is 0 Å². The van der Waals surface area contributed by atoms with Crippen LogP contribution in [0.1, 0.15) is 29.6 Å². The van der Waals surface area contributed by atoms with Crippen LogP contribution in [0.4, 0.5) is 10.5 Å². The Kier molecular flexibility index (Phi) is 4.24. The molecule has 2 rings (SSSR count). The van der Waals surface area contributed by atoms with E-state index in [1.165, 1.54) is 7.11 Å². The highest BCUT2D eigenvalue weighted by molar-refractivity contribution is 5.93. The highest BCUT2D eigenvalue weighted by Gasteiger charge is 2.32. The van der Waals surface area contributed by atoms with Gasteiger partial charge in [-0.3, -0.25) is 0 Å². The zero-order valence-corrected chi connectivity index (χ0v) is 11.4. The highest BCUT2D eigenvalue weighted by atomic mass is 16.5. The Morgan fingerprint density at radius 3 is 2.75 bits per heavy atom. The molecule has 20 heavy (non-hydrogen) atoms. The highest BCUT2D eigenvalue weighted by Crippen LogP contribution is 2.28. The zero-order valence-electron chi connectivity index (χ0n) is 11.4. The van der Waals surface area contributed by atoms with Gasteiger partial charge in [-0.1, -0.05) is 6.07 Å². The van der Waals surface area contributed by atoms with E-state index in [1.807, 2.05) is 0 Å². The van der Waals surface area contributed by atoms with Crippen molar-refractivity contribution in [3.05, 3.63) is 29.8 Å². The number of carbonyl (C=O) groups excluding carboxylic acids is 2. The molecule has 1 aliphatic rings. The second kappa shape index (κ2) is 5.92. The van der Waals surface area contributed by atoms with E-state index in [9.17, 15) is 9.59 Å². The third-order valence-electron chi connectivity index (χ3n) is 3.49. The Balaban J connectivity index is 1.89. The fourth-order valence-corrected chi connectivity index (χ4v) is 2.08. The number of amides is 2. The van der Waals surface area contributed by atoms with E-state index in [0.717, 1.165) is 19.3 Å². The predicted molar refractivity (Wildman–Crippen MR) is 75.6 cm³/mol. The molecule has 0 spiro atoms. The minimum Gasteiger partial charge on any atom is -0.465 e. The standard InChI is InChI=1S/C14H19N3O3/c1-20-12(18)10-4-2-5-11(8-10)17-13(19)16-9-14(15)6-3-7-14/h2,4-5,8H,3,6-7,9,15H2,1H3,(H2,16,17,19). The fourth-order valence-electron chi connectivity index (χ4n) is 2.08. The van der Waals surface area contributed by atoms with Gasteiger partial charge < -0.3 is 21.1 Å². The Morgan fingerprint density at radius 2 is 2.15 bits per heavy atom. The fraction of sp³-hybridized carbons (Fsp3) is 0.429. The van der Waals surface area contributed by atoms with Crippen LogP contribution >= 0.6 is 0 Å². The number of hydrogen-bond acceptors (Lipinski definition) is 4. The molecule has 0 radical (unpaired) electrons. The number of urea groups is 1. The molecular weight excluding hydrogens is 258 g/mol. The van der Waals surface area contributed by atoms with E-state index in [0.29, 0.717) is 17.8 Å². The van der Waals surface area contributed by atoms with E-state index in [4.69, 9.17) is 5.73 Å². The smallest absolute Gasteiger partial charge is 0.337 e. The topological polar surface area (TPSA) is 93.4 Å². The molecule has 6 nitrogen and oxygen atoms in total. The van der Waals surface area contributed by atoms with Gasteiger partial charge in [-0.2, -0.15) is 0 Å². The summed E-state index contributed by atoms with van der Waals surface area (Å²) in [6.45, 7) is 0.454. The normalized spacial score (nSPS) is 15.9. The van der Waals surface area contributed by atoms with Gasteiger partial charge in [-0.25, -0.2) is 9.59 Å². The maximum Gasteiger partial charge on any atom is 0.337 e. The molecule has 2 amide bonds. The lowest BCUT2D eigenvalue weighted by Crippen LogP contribution is -2.55. The van der Waals surface area contributed by atoms with Gasteiger partial charge in [0.1, 0.15) is 0 Å². The van der Waals surface area contributed by atoms with Crippen molar-refractivity contribution in [1.29, 1.82) is 0 Å². The zero-order chi connectivity index (χ0) is 14.6. The van der Waals surface area contributed by atoms with Crippen LogP contribution in [0.3, 0.4) is 0 Å². The molecule has 0 atom stereocenters. The van der Waals surface area contributed by atoms with Crippen LogP contribution in [0.5, 0.6) is 0 Å². The Bertz CT molecular complexity index is 512. The molecule has 1 fully saturated rings. The Morgan fingerprint density at radius 1 is 1.40 bits per heavy atom. The molecule has 0 aromatic heterocycles. The maximum atomic E-state index is 11.8. The molecule has 1 saturated carbocycles. The van der Waals surface area contributed by atoms with Crippen LogP contribution in [0.15, 0.2) is 24.3 Å². The summed E-state index contributed by atoms with van der Waals surface area (Å²) in [5, 5.41) is 5.41. The number of rotatable bonds is 4. The summed E-state index contributed by atoms with van der Waals surface area (Å²) in [4.78, 5) is 23.1.